The Morgan fingerprint density at radius 2 is 1.96 bits per heavy atom. The maximum Gasteiger partial charge on any atom is 0.416 e. The Kier molecular flexibility index (Phi) is 5.25. The summed E-state index contributed by atoms with van der Waals surface area (Å²) in [6, 6.07) is 6.57. The number of hydrogen-bond acceptors (Lipinski definition) is 5. The number of rotatable bonds is 6. The van der Waals surface area contributed by atoms with Crippen LogP contribution in [0.1, 0.15) is 5.56 Å². The molecule has 0 radical (unpaired) electrons. The molecule has 0 amide bonds. The van der Waals surface area contributed by atoms with E-state index < -0.39 is 11.7 Å². The molecule has 0 aliphatic rings. The molecule has 8 heteroatoms. The number of halogens is 3. The molecule has 0 unspecified atom stereocenters. The monoisotopic (exact) mass is 326 g/mol. The fourth-order valence-corrected chi connectivity index (χ4v) is 1.80. The topological polar surface area (TPSA) is 50.3 Å². The van der Waals surface area contributed by atoms with Gasteiger partial charge in [-0.1, -0.05) is 6.07 Å². The van der Waals surface area contributed by atoms with Crippen molar-refractivity contribution in [3.05, 3.63) is 42.2 Å². The van der Waals surface area contributed by atoms with E-state index in [4.69, 9.17) is 4.74 Å². The zero-order chi connectivity index (χ0) is 16.9. The quantitative estimate of drug-likeness (QED) is 0.827. The van der Waals surface area contributed by atoms with E-state index in [0.29, 0.717) is 12.4 Å². The van der Waals surface area contributed by atoms with E-state index in [1.165, 1.54) is 18.5 Å². The van der Waals surface area contributed by atoms with Crippen LogP contribution in [-0.4, -0.2) is 37.2 Å². The van der Waals surface area contributed by atoms with Gasteiger partial charge in [-0.2, -0.15) is 13.2 Å². The molecular formula is C15H17F3N4O. The van der Waals surface area contributed by atoms with Crippen LogP contribution in [0.15, 0.2) is 36.7 Å². The van der Waals surface area contributed by atoms with Gasteiger partial charge in [0, 0.05) is 20.2 Å². The normalized spacial score (nSPS) is 11.2. The summed E-state index contributed by atoms with van der Waals surface area (Å²) in [6.07, 6.45) is -2.94. The van der Waals surface area contributed by atoms with Gasteiger partial charge in [-0.25, -0.2) is 9.97 Å². The van der Waals surface area contributed by atoms with Crippen molar-refractivity contribution in [1.82, 2.24) is 9.97 Å². The Balaban J connectivity index is 1.85. The van der Waals surface area contributed by atoms with Crippen LogP contribution in [0.5, 0.6) is 5.75 Å². The van der Waals surface area contributed by atoms with Gasteiger partial charge >= 0.3 is 6.18 Å². The number of nitrogens with zero attached hydrogens (tertiary/aromatic N) is 3. The van der Waals surface area contributed by atoms with Crippen molar-refractivity contribution in [1.29, 1.82) is 0 Å². The highest BCUT2D eigenvalue weighted by molar-refractivity contribution is 5.47. The molecule has 0 atom stereocenters. The van der Waals surface area contributed by atoms with Crippen LogP contribution in [0.2, 0.25) is 0 Å². The Bertz CT molecular complexity index is 647. The zero-order valence-corrected chi connectivity index (χ0v) is 12.8. The third-order valence-corrected chi connectivity index (χ3v) is 2.95. The van der Waals surface area contributed by atoms with Crippen LogP contribution in [0.4, 0.5) is 24.8 Å². The molecule has 0 saturated heterocycles. The largest absolute Gasteiger partial charge is 0.492 e. The van der Waals surface area contributed by atoms with Crippen molar-refractivity contribution in [3.8, 4) is 5.75 Å². The second-order valence-corrected chi connectivity index (χ2v) is 4.96. The van der Waals surface area contributed by atoms with Gasteiger partial charge in [0.1, 0.15) is 30.3 Å². The third-order valence-electron chi connectivity index (χ3n) is 2.95. The number of alkyl halides is 3. The van der Waals surface area contributed by atoms with Crippen molar-refractivity contribution in [2.45, 2.75) is 6.18 Å². The van der Waals surface area contributed by atoms with Gasteiger partial charge in [0.2, 0.25) is 0 Å². The number of nitrogens with one attached hydrogen (secondary N) is 1. The van der Waals surface area contributed by atoms with E-state index in [9.17, 15) is 13.2 Å². The fourth-order valence-electron chi connectivity index (χ4n) is 1.80. The van der Waals surface area contributed by atoms with Gasteiger partial charge in [0.25, 0.3) is 0 Å². The Morgan fingerprint density at radius 3 is 2.65 bits per heavy atom. The van der Waals surface area contributed by atoms with Gasteiger partial charge in [-0.3, -0.25) is 0 Å². The lowest BCUT2D eigenvalue weighted by Gasteiger charge is -2.13. The first-order chi connectivity index (χ1) is 10.9. The summed E-state index contributed by atoms with van der Waals surface area (Å²) in [5.41, 5.74) is -0.727. The fraction of sp³-hybridized carbons (Fsp3) is 0.333. The first-order valence-corrected chi connectivity index (χ1v) is 6.89. The molecule has 5 nitrogen and oxygen atoms in total. The molecule has 0 aliphatic heterocycles. The van der Waals surface area contributed by atoms with Crippen molar-refractivity contribution < 1.29 is 17.9 Å². The van der Waals surface area contributed by atoms with Crippen LogP contribution >= 0.6 is 0 Å². The van der Waals surface area contributed by atoms with E-state index in [0.717, 1.165) is 18.0 Å². The highest BCUT2D eigenvalue weighted by Crippen LogP contribution is 2.31. The highest BCUT2D eigenvalue weighted by Gasteiger charge is 2.30. The molecule has 0 saturated carbocycles. The summed E-state index contributed by atoms with van der Waals surface area (Å²) in [5, 5.41) is 3.03. The predicted octanol–water partition coefficient (Wildman–Crippen LogP) is 3.05. The lowest BCUT2D eigenvalue weighted by molar-refractivity contribution is -0.137. The molecule has 1 aromatic carbocycles. The molecule has 1 heterocycles. The Hall–Kier alpha value is -2.51. The van der Waals surface area contributed by atoms with Gasteiger partial charge < -0.3 is 15.0 Å². The summed E-state index contributed by atoms with van der Waals surface area (Å²) >= 11 is 0. The average molecular weight is 326 g/mol. The van der Waals surface area contributed by atoms with E-state index >= 15 is 0 Å². The van der Waals surface area contributed by atoms with E-state index in [1.54, 1.807) is 6.07 Å². The number of anilines is 2. The molecule has 1 N–H and O–H groups in total. The van der Waals surface area contributed by atoms with E-state index in [-0.39, 0.29) is 12.4 Å². The maximum absolute atomic E-state index is 12.6. The average Bonchev–Trinajstić information content (AvgIpc) is 2.51. The molecule has 0 bridgehead atoms. The van der Waals surface area contributed by atoms with Crippen LogP contribution < -0.4 is 15.0 Å². The second-order valence-electron chi connectivity index (χ2n) is 4.96. The lowest BCUT2D eigenvalue weighted by Crippen LogP contribution is -2.15. The zero-order valence-electron chi connectivity index (χ0n) is 12.8. The number of aromatic nitrogens is 2. The molecule has 23 heavy (non-hydrogen) atoms. The van der Waals surface area contributed by atoms with Crippen LogP contribution in [0.25, 0.3) is 0 Å². The number of hydrogen-bond donors (Lipinski definition) is 1. The minimum Gasteiger partial charge on any atom is -0.492 e. The first kappa shape index (κ1) is 16.9. The summed E-state index contributed by atoms with van der Waals surface area (Å²) in [5.74, 6) is 1.55. The second kappa shape index (κ2) is 7.17. The van der Waals surface area contributed by atoms with Crippen molar-refractivity contribution in [2.24, 2.45) is 0 Å². The number of ether oxygens (including phenoxy) is 1. The van der Waals surface area contributed by atoms with E-state index in [2.05, 4.69) is 15.3 Å². The van der Waals surface area contributed by atoms with Gasteiger partial charge in [-0.15, -0.1) is 0 Å². The maximum atomic E-state index is 12.6. The van der Waals surface area contributed by atoms with Crippen LogP contribution in [-0.2, 0) is 6.18 Å². The number of benzene rings is 1. The Labute approximate surface area is 132 Å². The van der Waals surface area contributed by atoms with Crippen molar-refractivity contribution >= 4 is 11.6 Å². The van der Waals surface area contributed by atoms with Crippen molar-refractivity contribution in [3.63, 3.8) is 0 Å². The molecule has 124 valence electrons. The standard InChI is InChI=1S/C15H17F3N4O/c1-22(2)14-9-13(20-10-21-14)19-6-7-23-12-5-3-4-11(8-12)15(16,17)18/h3-5,8-10H,6-7H2,1-2H3,(H,19,20,21). The smallest absolute Gasteiger partial charge is 0.416 e. The molecule has 1 aromatic heterocycles. The summed E-state index contributed by atoms with van der Waals surface area (Å²) in [6.45, 7) is 0.614. The lowest BCUT2D eigenvalue weighted by atomic mass is 10.2. The molecular weight excluding hydrogens is 309 g/mol. The third kappa shape index (κ3) is 5.01. The molecule has 2 rings (SSSR count). The molecule has 2 aromatic rings. The van der Waals surface area contributed by atoms with Gasteiger partial charge in [-0.05, 0) is 18.2 Å². The SMILES string of the molecule is CN(C)c1cc(NCCOc2cccc(C(F)(F)F)c2)ncn1. The van der Waals surface area contributed by atoms with E-state index in [1.807, 2.05) is 19.0 Å². The Morgan fingerprint density at radius 1 is 1.17 bits per heavy atom. The molecule has 0 aliphatic carbocycles. The molecule has 0 fully saturated rings. The minimum absolute atomic E-state index is 0.179. The van der Waals surface area contributed by atoms with Gasteiger partial charge in [0.15, 0.2) is 0 Å². The van der Waals surface area contributed by atoms with Crippen LogP contribution in [0, 0.1) is 0 Å². The van der Waals surface area contributed by atoms with Crippen molar-refractivity contribution in [2.75, 3.05) is 37.5 Å². The first-order valence-electron chi connectivity index (χ1n) is 6.89. The van der Waals surface area contributed by atoms with Crippen LogP contribution in [0.3, 0.4) is 0 Å². The summed E-state index contributed by atoms with van der Waals surface area (Å²) in [4.78, 5) is 9.98. The van der Waals surface area contributed by atoms with Gasteiger partial charge in [0.05, 0.1) is 12.1 Å². The predicted molar refractivity (Wildman–Crippen MR) is 81.8 cm³/mol. The highest BCUT2D eigenvalue weighted by atomic mass is 19.4. The minimum atomic E-state index is -4.37. The summed E-state index contributed by atoms with van der Waals surface area (Å²) < 4.78 is 43.1. The molecule has 0 spiro atoms. The summed E-state index contributed by atoms with van der Waals surface area (Å²) in [7, 11) is 3.73.